The Morgan fingerprint density at radius 2 is 1.86 bits per heavy atom. The summed E-state index contributed by atoms with van der Waals surface area (Å²) in [5, 5.41) is 0.561. The first-order valence-corrected chi connectivity index (χ1v) is 11.8. The molecule has 0 spiro atoms. The molecule has 0 fully saturated rings. The van der Waals surface area contributed by atoms with Crippen molar-refractivity contribution in [2.45, 2.75) is 13.8 Å². The van der Waals surface area contributed by atoms with Crippen LogP contribution in [0.25, 0.3) is 22.7 Å². The maximum atomic E-state index is 13.6. The van der Waals surface area contributed by atoms with Crippen molar-refractivity contribution >= 4 is 17.0 Å². The van der Waals surface area contributed by atoms with Crippen molar-refractivity contribution in [2.24, 2.45) is 0 Å². The van der Waals surface area contributed by atoms with Crippen LogP contribution in [-0.2, 0) is 4.74 Å². The molecule has 0 radical (unpaired) electrons. The van der Waals surface area contributed by atoms with Crippen molar-refractivity contribution in [2.75, 3.05) is 7.11 Å². The Morgan fingerprint density at radius 1 is 1.05 bits per heavy atom. The number of para-hydroxylation sites is 1. The lowest BCUT2D eigenvalue weighted by molar-refractivity contribution is 0.307. The smallest absolute Gasteiger partial charge is 0.266 e. The van der Waals surface area contributed by atoms with E-state index < -0.39 is 0 Å². The van der Waals surface area contributed by atoms with Crippen LogP contribution in [0.1, 0.15) is 29.4 Å². The molecule has 37 heavy (non-hydrogen) atoms. The molecule has 0 aliphatic rings. The first-order valence-electron chi connectivity index (χ1n) is 11.8. The number of allylic oxidation sites excluding steroid dienone is 5. The van der Waals surface area contributed by atoms with Gasteiger partial charge in [-0.2, -0.15) is 0 Å². The third kappa shape index (κ3) is 6.01. The molecule has 0 atom stereocenters. The molecule has 5 nitrogen and oxygen atoms in total. The molecule has 2 aromatic carbocycles. The van der Waals surface area contributed by atoms with Crippen molar-refractivity contribution in [1.29, 1.82) is 0 Å². The lowest BCUT2D eigenvalue weighted by atomic mass is 10.1. The molecule has 4 aromatic rings. The Balaban J connectivity index is 1.79. The quantitative estimate of drug-likeness (QED) is 0.186. The number of nitrogens with zero attached hydrogens (tertiary/aromatic N) is 3. The SMILES string of the molecule is C=CC(=CC=C(C)C=Cc1nc2ccccc2c(=O)n1-c1ccc(C#Cc2cccnc2)cc1C)OC. The molecule has 0 saturated carbocycles. The van der Waals surface area contributed by atoms with Crippen molar-refractivity contribution in [1.82, 2.24) is 14.5 Å². The van der Waals surface area contributed by atoms with E-state index in [1.165, 1.54) is 0 Å². The Bertz CT molecular complexity index is 1660. The van der Waals surface area contributed by atoms with Crippen LogP contribution in [0.5, 0.6) is 0 Å². The Labute approximate surface area is 216 Å². The zero-order valence-electron chi connectivity index (χ0n) is 21.1. The summed E-state index contributed by atoms with van der Waals surface area (Å²) in [6, 6.07) is 17.0. The lowest BCUT2D eigenvalue weighted by Gasteiger charge is -2.14. The fraction of sp³-hybridized carbons (Fsp3) is 0.0938. The molecular formula is C32H27N3O2. The van der Waals surface area contributed by atoms with Crippen LogP contribution in [0.2, 0.25) is 0 Å². The van der Waals surface area contributed by atoms with Crippen LogP contribution in [0.3, 0.4) is 0 Å². The van der Waals surface area contributed by atoms with Gasteiger partial charge >= 0.3 is 0 Å². The molecule has 0 aliphatic carbocycles. The molecule has 0 amide bonds. The monoisotopic (exact) mass is 485 g/mol. The predicted octanol–water partition coefficient (Wildman–Crippen LogP) is 6.16. The highest BCUT2D eigenvalue weighted by molar-refractivity contribution is 5.79. The first-order chi connectivity index (χ1) is 18.0. The molecule has 2 heterocycles. The number of fused-ring (bicyclic) bond motifs is 1. The maximum absolute atomic E-state index is 13.6. The number of ether oxygens (including phenoxy) is 1. The number of pyridine rings is 1. The molecular weight excluding hydrogens is 458 g/mol. The minimum Gasteiger partial charge on any atom is -0.497 e. The standard InChI is InChI=1S/C32H27N3O2/c1-5-27(37-4)17-12-23(2)13-19-31-34-29-11-7-6-10-28(29)32(36)35(31)30-18-16-25(21-24(30)3)14-15-26-9-8-20-33-22-26/h5-13,16-22H,1H2,2-4H3. The van der Waals surface area contributed by atoms with Gasteiger partial charge in [0.2, 0.25) is 0 Å². The Morgan fingerprint density at radius 3 is 2.59 bits per heavy atom. The second-order valence-electron chi connectivity index (χ2n) is 8.34. The highest BCUT2D eigenvalue weighted by Gasteiger charge is 2.13. The molecule has 5 heteroatoms. The number of methoxy groups -OCH3 is 1. The van der Waals surface area contributed by atoms with Crippen LogP contribution < -0.4 is 5.56 Å². The summed E-state index contributed by atoms with van der Waals surface area (Å²) in [5.41, 5.74) is 4.85. The number of hydrogen-bond donors (Lipinski definition) is 0. The zero-order chi connectivity index (χ0) is 26.2. The van der Waals surface area contributed by atoms with Crippen LogP contribution in [-0.4, -0.2) is 21.6 Å². The van der Waals surface area contributed by atoms with Crippen molar-refractivity contribution in [3.63, 3.8) is 0 Å². The zero-order valence-corrected chi connectivity index (χ0v) is 21.1. The predicted molar refractivity (Wildman–Crippen MR) is 150 cm³/mol. The van der Waals surface area contributed by atoms with Crippen molar-refractivity contribution < 1.29 is 4.74 Å². The molecule has 0 N–H and O–H groups in total. The molecule has 0 aliphatic heterocycles. The summed E-state index contributed by atoms with van der Waals surface area (Å²) in [6.45, 7) is 7.66. The van der Waals surface area contributed by atoms with E-state index in [4.69, 9.17) is 9.72 Å². The van der Waals surface area contributed by atoms with E-state index in [9.17, 15) is 4.79 Å². The van der Waals surface area contributed by atoms with Gasteiger partial charge in [0.1, 0.15) is 11.6 Å². The molecule has 2 aromatic heterocycles. The third-order valence-corrected chi connectivity index (χ3v) is 5.69. The molecule has 0 unspecified atom stereocenters. The summed E-state index contributed by atoms with van der Waals surface area (Å²) < 4.78 is 6.88. The minimum absolute atomic E-state index is 0.127. The Kier molecular flexibility index (Phi) is 7.92. The molecule has 182 valence electrons. The largest absolute Gasteiger partial charge is 0.497 e. The second kappa shape index (κ2) is 11.7. The van der Waals surface area contributed by atoms with Crippen molar-refractivity contribution in [3.8, 4) is 17.5 Å². The summed E-state index contributed by atoms with van der Waals surface area (Å²) in [6.07, 6.45) is 12.6. The van der Waals surface area contributed by atoms with Gasteiger partial charge in [0, 0.05) is 23.5 Å². The summed E-state index contributed by atoms with van der Waals surface area (Å²) in [4.78, 5) is 22.5. The minimum atomic E-state index is -0.127. The highest BCUT2D eigenvalue weighted by atomic mass is 16.5. The fourth-order valence-electron chi connectivity index (χ4n) is 3.75. The number of aryl methyl sites for hydroxylation is 1. The topological polar surface area (TPSA) is 57.0 Å². The van der Waals surface area contributed by atoms with E-state index in [-0.39, 0.29) is 5.56 Å². The summed E-state index contributed by atoms with van der Waals surface area (Å²) >= 11 is 0. The van der Waals surface area contributed by atoms with Crippen LogP contribution >= 0.6 is 0 Å². The normalized spacial score (nSPS) is 11.9. The molecule has 0 bridgehead atoms. The van der Waals surface area contributed by atoms with Gasteiger partial charge in [0.15, 0.2) is 0 Å². The van der Waals surface area contributed by atoms with E-state index >= 15 is 0 Å². The average Bonchev–Trinajstić information content (AvgIpc) is 2.92. The van der Waals surface area contributed by atoms with Gasteiger partial charge in [-0.15, -0.1) is 0 Å². The van der Waals surface area contributed by atoms with Gasteiger partial charge in [-0.1, -0.05) is 48.3 Å². The average molecular weight is 486 g/mol. The Hall–Kier alpha value is -4.95. The van der Waals surface area contributed by atoms with E-state index in [1.54, 1.807) is 36.2 Å². The van der Waals surface area contributed by atoms with Gasteiger partial charge in [-0.25, -0.2) is 4.98 Å². The molecule has 0 saturated heterocycles. The van der Waals surface area contributed by atoms with E-state index in [1.807, 2.05) is 86.7 Å². The van der Waals surface area contributed by atoms with Gasteiger partial charge in [0.05, 0.1) is 23.7 Å². The summed E-state index contributed by atoms with van der Waals surface area (Å²) in [5.74, 6) is 7.50. The van der Waals surface area contributed by atoms with E-state index in [2.05, 4.69) is 23.4 Å². The number of rotatable bonds is 6. The third-order valence-electron chi connectivity index (χ3n) is 5.69. The van der Waals surface area contributed by atoms with Gasteiger partial charge in [-0.05, 0) is 80.1 Å². The highest BCUT2D eigenvalue weighted by Crippen LogP contribution is 2.19. The number of aromatic nitrogens is 3. The summed E-state index contributed by atoms with van der Waals surface area (Å²) in [7, 11) is 1.60. The van der Waals surface area contributed by atoms with Crippen molar-refractivity contribution in [3.05, 3.63) is 142 Å². The second-order valence-corrected chi connectivity index (χ2v) is 8.34. The van der Waals surface area contributed by atoms with Crippen LogP contribution in [0, 0.1) is 18.8 Å². The van der Waals surface area contributed by atoms with Gasteiger partial charge in [-0.3, -0.25) is 14.3 Å². The number of hydrogen-bond acceptors (Lipinski definition) is 4. The van der Waals surface area contributed by atoms with E-state index in [0.29, 0.717) is 22.5 Å². The number of benzene rings is 2. The van der Waals surface area contributed by atoms with Gasteiger partial charge in [0.25, 0.3) is 5.56 Å². The molecule has 4 rings (SSSR count). The van der Waals surface area contributed by atoms with Crippen LogP contribution in [0.15, 0.2) is 114 Å². The lowest BCUT2D eigenvalue weighted by Crippen LogP contribution is -2.23. The first kappa shape index (κ1) is 25.2. The van der Waals surface area contributed by atoms with E-state index in [0.717, 1.165) is 28.0 Å². The maximum Gasteiger partial charge on any atom is 0.266 e. The fourth-order valence-corrected chi connectivity index (χ4v) is 3.75. The van der Waals surface area contributed by atoms with Gasteiger partial charge < -0.3 is 4.74 Å². The van der Waals surface area contributed by atoms with Crippen LogP contribution in [0.4, 0.5) is 0 Å².